The number of carbonyl (C=O) groups excluding carboxylic acids is 1. The van der Waals surface area contributed by atoms with E-state index in [9.17, 15) is 22.4 Å². The highest BCUT2D eigenvalue weighted by molar-refractivity contribution is 5.90. The van der Waals surface area contributed by atoms with Gasteiger partial charge >= 0.3 is 12.3 Å². The van der Waals surface area contributed by atoms with E-state index in [2.05, 4.69) is 30.2 Å². The number of hydrogen-bond donors (Lipinski definition) is 3. The van der Waals surface area contributed by atoms with Gasteiger partial charge in [0.25, 0.3) is 0 Å². The molecule has 0 aliphatic heterocycles. The van der Waals surface area contributed by atoms with Crippen LogP contribution in [0.5, 0.6) is 0 Å². The van der Waals surface area contributed by atoms with Gasteiger partial charge in [0.15, 0.2) is 5.82 Å². The number of rotatable bonds is 5. The number of carbonyl (C=O) groups is 1. The number of nitrogens with zero attached hydrogens (tertiary/aromatic N) is 4. The summed E-state index contributed by atoms with van der Waals surface area (Å²) in [4.78, 5) is 30.4. The predicted molar refractivity (Wildman–Crippen MR) is 91.6 cm³/mol. The first-order chi connectivity index (χ1) is 13.0. The maximum atomic E-state index is 13.3. The zero-order valence-electron chi connectivity index (χ0n) is 14.7. The maximum absolute atomic E-state index is 13.3. The van der Waals surface area contributed by atoms with Crippen LogP contribution in [0.2, 0.25) is 0 Å². The van der Waals surface area contributed by atoms with Crippen LogP contribution in [0.15, 0.2) is 24.7 Å². The Morgan fingerprint density at radius 3 is 2.68 bits per heavy atom. The molecule has 8 nitrogen and oxygen atoms in total. The third-order valence-corrected chi connectivity index (χ3v) is 3.74. The highest BCUT2D eigenvalue weighted by Crippen LogP contribution is 2.25. The van der Waals surface area contributed by atoms with Gasteiger partial charge in [0, 0.05) is 12.4 Å². The fourth-order valence-electron chi connectivity index (χ4n) is 2.40. The number of anilines is 1. The zero-order valence-corrected chi connectivity index (χ0v) is 14.7. The molecule has 28 heavy (non-hydrogen) atoms. The van der Waals surface area contributed by atoms with Gasteiger partial charge in [-0.15, -0.1) is 0 Å². The van der Waals surface area contributed by atoms with Crippen LogP contribution in [0.25, 0.3) is 22.4 Å². The summed E-state index contributed by atoms with van der Waals surface area (Å²) in [7, 11) is 0. The Kier molecular flexibility index (Phi) is 4.87. The third kappa shape index (κ3) is 4.32. The van der Waals surface area contributed by atoms with Gasteiger partial charge in [-0.3, -0.25) is 4.79 Å². The summed E-state index contributed by atoms with van der Waals surface area (Å²) in [5, 5.41) is 4.59. The Bertz CT molecular complexity index is 1020. The number of fused-ring (bicyclic) bond motifs is 1. The summed E-state index contributed by atoms with van der Waals surface area (Å²) in [6.07, 6.45) is -1.23. The van der Waals surface area contributed by atoms with Crippen molar-refractivity contribution >= 4 is 22.8 Å². The molecule has 0 spiro atoms. The molecule has 3 heterocycles. The van der Waals surface area contributed by atoms with Crippen LogP contribution in [0.1, 0.15) is 13.8 Å². The third-order valence-electron chi connectivity index (χ3n) is 3.74. The van der Waals surface area contributed by atoms with E-state index in [0.717, 1.165) is 0 Å². The molecular formula is C16H15F4N7O. The maximum Gasteiger partial charge on any atom is 0.405 e. The van der Waals surface area contributed by atoms with Crippen LogP contribution in [0.4, 0.5) is 23.4 Å². The summed E-state index contributed by atoms with van der Waals surface area (Å²) in [6.45, 7) is 1.39. The first-order valence-electron chi connectivity index (χ1n) is 8.01. The van der Waals surface area contributed by atoms with E-state index in [-0.39, 0.29) is 17.2 Å². The molecule has 0 radical (unpaired) electrons. The molecule has 0 aliphatic carbocycles. The number of halogens is 4. The lowest BCUT2D eigenvalue weighted by Crippen LogP contribution is -2.50. The number of alkyl halides is 3. The zero-order chi connectivity index (χ0) is 20.5. The van der Waals surface area contributed by atoms with Crippen LogP contribution in [0.3, 0.4) is 0 Å². The lowest BCUT2D eigenvalue weighted by Gasteiger charge is -2.26. The molecule has 0 unspecified atom stereocenters. The van der Waals surface area contributed by atoms with Crippen molar-refractivity contribution in [3.63, 3.8) is 0 Å². The minimum atomic E-state index is -4.51. The summed E-state index contributed by atoms with van der Waals surface area (Å²) < 4.78 is 50.2. The molecule has 12 heteroatoms. The molecular weight excluding hydrogens is 382 g/mol. The van der Waals surface area contributed by atoms with Gasteiger partial charge in [-0.05, 0) is 19.9 Å². The van der Waals surface area contributed by atoms with E-state index < -0.39 is 30.2 Å². The summed E-state index contributed by atoms with van der Waals surface area (Å²) >= 11 is 0. The average molecular weight is 397 g/mol. The molecule has 0 aliphatic rings. The second-order valence-electron chi connectivity index (χ2n) is 6.42. The van der Waals surface area contributed by atoms with Crippen molar-refractivity contribution in [2.24, 2.45) is 0 Å². The topological polar surface area (TPSA) is 108 Å². The monoisotopic (exact) mass is 397 g/mol. The highest BCUT2D eigenvalue weighted by Gasteiger charge is 2.33. The molecule has 148 valence electrons. The Hall–Kier alpha value is -3.31. The van der Waals surface area contributed by atoms with E-state index in [1.54, 1.807) is 0 Å². The van der Waals surface area contributed by atoms with E-state index in [1.807, 2.05) is 5.32 Å². The molecule has 3 N–H and O–H groups in total. The summed E-state index contributed by atoms with van der Waals surface area (Å²) in [6, 6.07) is 1.45. The summed E-state index contributed by atoms with van der Waals surface area (Å²) in [5.41, 5.74) is -0.234. The quantitative estimate of drug-likeness (QED) is 0.451. The second-order valence-corrected chi connectivity index (χ2v) is 6.42. The molecule has 0 saturated heterocycles. The fraction of sp³-hybridized carbons (Fsp3) is 0.312. The predicted octanol–water partition coefficient (Wildman–Crippen LogP) is 2.42. The molecule has 0 bridgehead atoms. The average Bonchev–Trinajstić information content (AvgIpc) is 3.01. The molecule has 0 fully saturated rings. The lowest BCUT2D eigenvalue weighted by molar-refractivity contribution is -0.140. The normalized spacial score (nSPS) is 12.2. The first-order valence-corrected chi connectivity index (χ1v) is 8.01. The van der Waals surface area contributed by atoms with Crippen molar-refractivity contribution in [2.45, 2.75) is 25.6 Å². The molecule has 0 atom stereocenters. The van der Waals surface area contributed by atoms with Gasteiger partial charge in [0.05, 0.1) is 17.3 Å². The van der Waals surface area contributed by atoms with Crippen LogP contribution < -0.4 is 10.6 Å². The SMILES string of the molecule is CC(C)(Nc1ccnc(-c2c[nH]c3cnc(F)nc23)n1)C(=O)NCC(F)(F)F. The highest BCUT2D eigenvalue weighted by atomic mass is 19.4. The standard InChI is InChI=1S/C16H15F4N7O/c1-15(2,13(28)24-7-16(18,19)20)27-10-3-4-21-12(25-10)8-5-22-9-6-23-14(17)26-11(8)9/h3-6,22H,7H2,1-2H3,(H,24,28)(H,21,25,27). The lowest BCUT2D eigenvalue weighted by atomic mass is 10.0. The Balaban J connectivity index is 1.83. The second kappa shape index (κ2) is 7.02. The van der Waals surface area contributed by atoms with Gasteiger partial charge < -0.3 is 15.6 Å². The van der Waals surface area contributed by atoms with Gasteiger partial charge in [0.2, 0.25) is 5.91 Å². The van der Waals surface area contributed by atoms with Crippen molar-refractivity contribution in [3.8, 4) is 11.4 Å². The molecule has 3 aromatic heterocycles. The van der Waals surface area contributed by atoms with Crippen molar-refractivity contribution in [1.29, 1.82) is 0 Å². The van der Waals surface area contributed by atoms with E-state index in [1.165, 1.54) is 38.5 Å². The van der Waals surface area contributed by atoms with Crippen molar-refractivity contribution in [1.82, 2.24) is 30.2 Å². The molecule has 1 amide bonds. The van der Waals surface area contributed by atoms with Crippen molar-refractivity contribution in [3.05, 3.63) is 30.7 Å². The van der Waals surface area contributed by atoms with Gasteiger partial charge in [-0.2, -0.15) is 22.5 Å². The molecule has 0 aromatic carbocycles. The Labute approximate surface area is 155 Å². The smallest absolute Gasteiger partial charge is 0.358 e. The molecule has 3 aromatic rings. The minimum absolute atomic E-state index is 0.181. The van der Waals surface area contributed by atoms with E-state index in [0.29, 0.717) is 11.1 Å². The number of amides is 1. The van der Waals surface area contributed by atoms with Crippen molar-refractivity contribution < 1.29 is 22.4 Å². The number of H-pyrrole nitrogens is 1. The van der Waals surface area contributed by atoms with Crippen LogP contribution in [-0.4, -0.2) is 49.1 Å². The van der Waals surface area contributed by atoms with Gasteiger partial charge in [-0.25, -0.2) is 15.0 Å². The Morgan fingerprint density at radius 1 is 1.21 bits per heavy atom. The van der Waals surface area contributed by atoms with Gasteiger partial charge in [0.1, 0.15) is 23.4 Å². The molecule has 3 rings (SSSR count). The number of nitrogens with one attached hydrogen (secondary N) is 3. The Morgan fingerprint density at radius 2 is 1.96 bits per heavy atom. The fourth-order valence-corrected chi connectivity index (χ4v) is 2.40. The summed E-state index contributed by atoms with van der Waals surface area (Å²) in [5.74, 6) is -0.478. The van der Waals surface area contributed by atoms with Gasteiger partial charge in [-0.1, -0.05) is 0 Å². The van der Waals surface area contributed by atoms with Crippen LogP contribution in [-0.2, 0) is 4.79 Å². The molecule has 0 saturated carbocycles. The van der Waals surface area contributed by atoms with E-state index in [4.69, 9.17) is 0 Å². The van der Waals surface area contributed by atoms with E-state index >= 15 is 0 Å². The first kappa shape index (κ1) is 19.5. The number of hydrogen-bond acceptors (Lipinski definition) is 6. The van der Waals surface area contributed by atoms with Crippen LogP contribution >= 0.6 is 0 Å². The number of aromatic amines is 1. The largest absolute Gasteiger partial charge is 0.405 e. The number of aromatic nitrogens is 5. The van der Waals surface area contributed by atoms with Crippen molar-refractivity contribution in [2.75, 3.05) is 11.9 Å². The van der Waals surface area contributed by atoms with Crippen LogP contribution in [0, 0.1) is 6.08 Å². The minimum Gasteiger partial charge on any atom is -0.358 e.